The number of aliphatic imine (C=N–C) groups is 1. The number of aromatic nitrogens is 3. The van der Waals surface area contributed by atoms with Crippen LogP contribution in [0.4, 0.5) is 11.1 Å². The van der Waals surface area contributed by atoms with Crippen LogP contribution in [0.15, 0.2) is 23.3 Å². The van der Waals surface area contributed by atoms with Gasteiger partial charge in [-0.15, -0.1) is 0 Å². The summed E-state index contributed by atoms with van der Waals surface area (Å²) >= 11 is 1.43. The lowest BCUT2D eigenvalue weighted by atomic mass is 10.1. The van der Waals surface area contributed by atoms with E-state index in [1.807, 2.05) is 25.4 Å². The fourth-order valence-corrected chi connectivity index (χ4v) is 3.22. The van der Waals surface area contributed by atoms with Crippen LogP contribution in [-0.4, -0.2) is 39.2 Å². The Hall–Kier alpha value is -2.02. The van der Waals surface area contributed by atoms with Crippen molar-refractivity contribution in [1.82, 2.24) is 14.3 Å². The fourth-order valence-electron chi connectivity index (χ4n) is 2.56. The summed E-state index contributed by atoms with van der Waals surface area (Å²) in [7, 11) is 0. The first kappa shape index (κ1) is 15.9. The van der Waals surface area contributed by atoms with Crippen LogP contribution in [0.25, 0.3) is 0 Å². The third-order valence-electron chi connectivity index (χ3n) is 3.68. The molecule has 0 saturated heterocycles. The molecule has 0 saturated carbocycles. The first-order chi connectivity index (χ1) is 11.1. The summed E-state index contributed by atoms with van der Waals surface area (Å²) < 4.78 is 4.44. The molecule has 3 heterocycles. The maximum absolute atomic E-state index is 4.64. The first-order valence-corrected chi connectivity index (χ1v) is 8.65. The Balaban J connectivity index is 1.69. The minimum absolute atomic E-state index is 0.257. The van der Waals surface area contributed by atoms with Gasteiger partial charge in [-0.1, -0.05) is 6.07 Å². The second-order valence-electron chi connectivity index (χ2n) is 6.16. The van der Waals surface area contributed by atoms with Gasteiger partial charge in [-0.25, -0.2) is 0 Å². The lowest BCUT2D eigenvalue weighted by Gasteiger charge is -2.27. The van der Waals surface area contributed by atoms with Crippen LogP contribution >= 0.6 is 11.5 Å². The highest BCUT2D eigenvalue weighted by molar-refractivity contribution is 7.09. The first-order valence-electron chi connectivity index (χ1n) is 7.88. The third-order valence-corrected chi connectivity index (χ3v) is 4.46. The van der Waals surface area contributed by atoms with Gasteiger partial charge >= 0.3 is 0 Å². The van der Waals surface area contributed by atoms with E-state index in [-0.39, 0.29) is 5.54 Å². The molecule has 2 aromatic rings. The molecule has 1 aliphatic rings. The van der Waals surface area contributed by atoms with Gasteiger partial charge in [0.1, 0.15) is 0 Å². The molecule has 0 amide bonds. The molecular formula is C16H22N6S. The Labute approximate surface area is 140 Å². The second kappa shape index (κ2) is 6.62. The van der Waals surface area contributed by atoms with E-state index in [4.69, 9.17) is 0 Å². The number of hydrogen-bond donors (Lipinski definition) is 1. The number of hydrogen-bond acceptors (Lipinski definition) is 7. The quantitative estimate of drug-likeness (QED) is 0.854. The van der Waals surface area contributed by atoms with Gasteiger partial charge in [-0.05, 0) is 32.4 Å². The van der Waals surface area contributed by atoms with Crippen LogP contribution < -0.4 is 10.2 Å². The van der Waals surface area contributed by atoms with Gasteiger partial charge in [0.05, 0.1) is 5.54 Å². The van der Waals surface area contributed by atoms with Gasteiger partial charge in [0.2, 0.25) is 11.1 Å². The largest absolute Gasteiger partial charge is 0.344 e. The molecule has 0 radical (unpaired) electrons. The average Bonchev–Trinajstić information content (AvgIpc) is 3.00. The summed E-state index contributed by atoms with van der Waals surface area (Å²) in [5, 5.41) is 4.28. The zero-order valence-electron chi connectivity index (χ0n) is 13.8. The summed E-state index contributed by atoms with van der Waals surface area (Å²) in [4.78, 5) is 15.7. The smallest absolute Gasteiger partial charge is 0.237 e. The van der Waals surface area contributed by atoms with E-state index in [0.29, 0.717) is 5.95 Å². The number of nitrogens with one attached hydrogen (secondary N) is 1. The average molecular weight is 330 g/mol. The van der Waals surface area contributed by atoms with Crippen LogP contribution in [-0.2, 0) is 13.0 Å². The lowest BCUT2D eigenvalue weighted by molar-refractivity contribution is 0.708. The van der Waals surface area contributed by atoms with Gasteiger partial charge in [0.25, 0.3) is 0 Å². The molecule has 6 nitrogen and oxygen atoms in total. The van der Waals surface area contributed by atoms with Crippen LogP contribution in [0.1, 0.15) is 32.0 Å². The molecule has 0 fully saturated rings. The minimum atomic E-state index is -0.257. The lowest BCUT2D eigenvalue weighted by Crippen LogP contribution is -2.33. The normalized spacial score (nSPS) is 15.0. The van der Waals surface area contributed by atoms with Gasteiger partial charge in [-0.3, -0.25) is 9.98 Å². The second-order valence-corrected chi connectivity index (χ2v) is 6.89. The zero-order valence-corrected chi connectivity index (χ0v) is 14.6. The topological polar surface area (TPSA) is 66.3 Å². The minimum Gasteiger partial charge on any atom is -0.344 e. The summed E-state index contributed by atoms with van der Waals surface area (Å²) in [6.07, 6.45) is 4.73. The predicted octanol–water partition coefficient (Wildman–Crippen LogP) is 2.78. The van der Waals surface area contributed by atoms with E-state index < -0.39 is 0 Å². The molecule has 3 rings (SSSR count). The number of anilines is 2. The molecule has 0 unspecified atom stereocenters. The highest BCUT2D eigenvalue weighted by Crippen LogP contribution is 2.26. The van der Waals surface area contributed by atoms with Crippen LogP contribution in [0.2, 0.25) is 0 Å². The molecule has 23 heavy (non-hydrogen) atoms. The molecule has 0 aliphatic carbocycles. The summed E-state index contributed by atoms with van der Waals surface area (Å²) in [5.74, 6) is 0.662. The maximum atomic E-state index is 4.64. The summed E-state index contributed by atoms with van der Waals surface area (Å²) in [6, 6.07) is 4.13. The maximum Gasteiger partial charge on any atom is 0.237 e. The van der Waals surface area contributed by atoms with Crippen molar-refractivity contribution in [3.63, 3.8) is 0 Å². The van der Waals surface area contributed by atoms with E-state index >= 15 is 0 Å². The molecule has 7 heteroatoms. The Bertz CT molecular complexity index is 693. The molecule has 0 atom stereocenters. The zero-order chi connectivity index (χ0) is 16.3. The molecule has 0 spiro atoms. The van der Waals surface area contributed by atoms with Crippen molar-refractivity contribution in [2.75, 3.05) is 23.3 Å². The molecule has 0 bridgehead atoms. The Morgan fingerprint density at radius 3 is 3.17 bits per heavy atom. The SMILES string of the molecule is CCN=CC(C)(C)Nc1nsc(N2CCc3ncccc3C2)n1. The number of fused-ring (bicyclic) bond motifs is 1. The monoisotopic (exact) mass is 330 g/mol. The van der Waals surface area contributed by atoms with Gasteiger partial charge < -0.3 is 10.2 Å². The highest BCUT2D eigenvalue weighted by Gasteiger charge is 2.22. The van der Waals surface area contributed by atoms with Crippen molar-refractivity contribution < 1.29 is 0 Å². The van der Waals surface area contributed by atoms with Crippen LogP contribution in [0, 0.1) is 0 Å². The van der Waals surface area contributed by atoms with Crippen LogP contribution in [0.3, 0.4) is 0 Å². The van der Waals surface area contributed by atoms with E-state index in [1.54, 1.807) is 0 Å². The van der Waals surface area contributed by atoms with Crippen molar-refractivity contribution in [2.45, 2.75) is 39.3 Å². The molecular weight excluding hydrogens is 308 g/mol. The van der Waals surface area contributed by atoms with Crippen molar-refractivity contribution in [2.24, 2.45) is 4.99 Å². The summed E-state index contributed by atoms with van der Waals surface area (Å²) in [6.45, 7) is 8.71. The molecule has 1 N–H and O–H groups in total. The van der Waals surface area contributed by atoms with E-state index in [2.05, 4.69) is 49.5 Å². The van der Waals surface area contributed by atoms with Crippen molar-refractivity contribution in [3.05, 3.63) is 29.6 Å². The number of rotatable bonds is 5. The van der Waals surface area contributed by atoms with Crippen molar-refractivity contribution in [1.29, 1.82) is 0 Å². The molecule has 1 aliphatic heterocycles. The van der Waals surface area contributed by atoms with Crippen LogP contribution in [0.5, 0.6) is 0 Å². The number of nitrogens with zero attached hydrogens (tertiary/aromatic N) is 5. The standard InChI is InChI=1S/C16H22N6S/c1-4-17-11-16(2,3)20-14-19-15(23-21-14)22-9-7-13-12(10-22)6-5-8-18-13/h5-6,8,11H,4,7,9-10H2,1-3H3,(H,20,21). The molecule has 0 aromatic carbocycles. The predicted molar refractivity (Wildman–Crippen MR) is 95.6 cm³/mol. The van der Waals surface area contributed by atoms with E-state index in [0.717, 1.165) is 31.2 Å². The highest BCUT2D eigenvalue weighted by atomic mass is 32.1. The van der Waals surface area contributed by atoms with E-state index in [9.17, 15) is 0 Å². The Morgan fingerprint density at radius 2 is 2.35 bits per heavy atom. The van der Waals surface area contributed by atoms with E-state index in [1.165, 1.54) is 22.8 Å². The molecule has 122 valence electrons. The third kappa shape index (κ3) is 3.85. The van der Waals surface area contributed by atoms with Crippen molar-refractivity contribution >= 4 is 28.8 Å². The Morgan fingerprint density at radius 1 is 1.48 bits per heavy atom. The van der Waals surface area contributed by atoms with Crippen molar-refractivity contribution in [3.8, 4) is 0 Å². The fraction of sp³-hybridized carbons (Fsp3) is 0.500. The van der Waals surface area contributed by atoms with Gasteiger partial charge in [0, 0.05) is 55.7 Å². The summed E-state index contributed by atoms with van der Waals surface area (Å²) in [5.41, 5.74) is 2.22. The molecule has 2 aromatic heterocycles. The Kier molecular flexibility index (Phi) is 4.56. The van der Waals surface area contributed by atoms with Gasteiger partial charge in [0.15, 0.2) is 0 Å². The van der Waals surface area contributed by atoms with Gasteiger partial charge in [-0.2, -0.15) is 9.36 Å². The number of pyridine rings is 1.